The minimum atomic E-state index is -0.666. The molecule has 2 aromatic rings. The number of amides is 1. The number of anilines is 2. The fraction of sp³-hybridized carbons (Fsp3) is 0.316. The van der Waals surface area contributed by atoms with E-state index in [0.717, 1.165) is 32.9 Å². The van der Waals surface area contributed by atoms with Gasteiger partial charge in [0.25, 0.3) is 0 Å². The van der Waals surface area contributed by atoms with Crippen LogP contribution in [0.25, 0.3) is 0 Å². The maximum Gasteiger partial charge on any atom is 0.249 e. The molecular weight excluding hydrogens is 384 g/mol. The van der Waals surface area contributed by atoms with Gasteiger partial charge in [0.15, 0.2) is 11.5 Å². The Balaban J connectivity index is 1.75. The molecular formula is C19H19BrN2O3. The summed E-state index contributed by atoms with van der Waals surface area (Å²) in [5, 5.41) is 2.99. The van der Waals surface area contributed by atoms with Gasteiger partial charge < -0.3 is 19.7 Å². The second-order valence-electron chi connectivity index (χ2n) is 6.70. The molecule has 2 aliphatic rings. The van der Waals surface area contributed by atoms with Crippen LogP contribution in [0.5, 0.6) is 11.5 Å². The van der Waals surface area contributed by atoms with Gasteiger partial charge in [-0.05, 0) is 43.7 Å². The van der Waals surface area contributed by atoms with Crippen molar-refractivity contribution in [1.82, 2.24) is 0 Å². The standard InChI is InChI=1S/C19H19BrN2O3/c1-19(2)18(23)21-14-5-3-4-6-15(14)22(19)11-12-9-16-17(10-13(12)20)25-8-7-24-16/h3-6,9-10H,7-8,11H2,1-2H3,(H,21,23). The highest BCUT2D eigenvalue weighted by atomic mass is 79.9. The highest BCUT2D eigenvalue weighted by molar-refractivity contribution is 9.10. The molecule has 0 bridgehead atoms. The summed E-state index contributed by atoms with van der Waals surface area (Å²) in [5.74, 6) is 1.48. The van der Waals surface area contributed by atoms with Gasteiger partial charge in [0.1, 0.15) is 18.8 Å². The zero-order chi connectivity index (χ0) is 17.6. The predicted molar refractivity (Wildman–Crippen MR) is 100 cm³/mol. The molecule has 0 unspecified atom stereocenters. The van der Waals surface area contributed by atoms with Crippen molar-refractivity contribution in [2.75, 3.05) is 23.4 Å². The minimum Gasteiger partial charge on any atom is -0.486 e. The van der Waals surface area contributed by atoms with E-state index in [-0.39, 0.29) is 5.91 Å². The van der Waals surface area contributed by atoms with E-state index in [0.29, 0.717) is 19.8 Å². The number of rotatable bonds is 2. The number of para-hydroxylation sites is 2. The molecule has 0 radical (unpaired) electrons. The summed E-state index contributed by atoms with van der Waals surface area (Å²) < 4.78 is 12.3. The van der Waals surface area contributed by atoms with E-state index in [1.54, 1.807) is 0 Å². The van der Waals surface area contributed by atoms with Gasteiger partial charge in [0.05, 0.1) is 11.4 Å². The van der Waals surface area contributed by atoms with Crippen LogP contribution >= 0.6 is 15.9 Å². The van der Waals surface area contributed by atoms with Gasteiger partial charge >= 0.3 is 0 Å². The Bertz CT molecular complexity index is 851. The molecule has 2 heterocycles. The molecule has 0 fully saturated rings. The first-order valence-corrected chi connectivity index (χ1v) is 9.02. The summed E-state index contributed by atoms with van der Waals surface area (Å²) in [5.41, 5.74) is 2.22. The summed E-state index contributed by atoms with van der Waals surface area (Å²) in [6.07, 6.45) is 0. The molecule has 0 aromatic heterocycles. The van der Waals surface area contributed by atoms with E-state index in [1.165, 1.54) is 0 Å². The number of fused-ring (bicyclic) bond motifs is 2. The van der Waals surface area contributed by atoms with Crippen molar-refractivity contribution < 1.29 is 14.3 Å². The van der Waals surface area contributed by atoms with Crippen molar-refractivity contribution in [1.29, 1.82) is 0 Å². The van der Waals surface area contributed by atoms with Crippen molar-refractivity contribution in [3.05, 3.63) is 46.4 Å². The molecule has 5 nitrogen and oxygen atoms in total. The molecule has 0 atom stereocenters. The minimum absolute atomic E-state index is 0.0140. The normalized spacial score (nSPS) is 17.7. The number of nitrogens with one attached hydrogen (secondary N) is 1. The van der Waals surface area contributed by atoms with E-state index in [1.807, 2.05) is 50.2 Å². The average molecular weight is 403 g/mol. The Hall–Kier alpha value is -2.21. The van der Waals surface area contributed by atoms with Crippen molar-refractivity contribution in [2.24, 2.45) is 0 Å². The lowest BCUT2D eigenvalue weighted by Gasteiger charge is -2.44. The number of carbonyl (C=O) groups is 1. The molecule has 0 saturated heterocycles. The van der Waals surface area contributed by atoms with Gasteiger partial charge in [0, 0.05) is 11.0 Å². The summed E-state index contributed by atoms with van der Waals surface area (Å²) in [7, 11) is 0. The summed E-state index contributed by atoms with van der Waals surface area (Å²) in [6, 6.07) is 11.8. The van der Waals surface area contributed by atoms with Crippen LogP contribution in [0.2, 0.25) is 0 Å². The summed E-state index contributed by atoms with van der Waals surface area (Å²) in [4.78, 5) is 14.7. The number of nitrogens with zero attached hydrogens (tertiary/aromatic N) is 1. The van der Waals surface area contributed by atoms with Crippen molar-refractivity contribution in [2.45, 2.75) is 25.9 Å². The lowest BCUT2D eigenvalue weighted by molar-refractivity contribution is -0.120. The van der Waals surface area contributed by atoms with Gasteiger partial charge in [-0.3, -0.25) is 4.79 Å². The first-order valence-electron chi connectivity index (χ1n) is 8.23. The third kappa shape index (κ3) is 2.74. The van der Waals surface area contributed by atoms with Gasteiger partial charge in [0.2, 0.25) is 5.91 Å². The van der Waals surface area contributed by atoms with Crippen LogP contribution in [0, 0.1) is 0 Å². The Kier molecular flexibility index (Phi) is 3.87. The van der Waals surface area contributed by atoms with E-state index in [4.69, 9.17) is 9.47 Å². The highest BCUT2D eigenvalue weighted by Gasteiger charge is 2.40. The molecule has 0 saturated carbocycles. The Morgan fingerprint density at radius 1 is 1.16 bits per heavy atom. The molecule has 1 N–H and O–H groups in total. The van der Waals surface area contributed by atoms with Crippen molar-refractivity contribution in [3.63, 3.8) is 0 Å². The Labute approximate surface area is 155 Å². The molecule has 1 amide bonds. The smallest absolute Gasteiger partial charge is 0.249 e. The second-order valence-corrected chi connectivity index (χ2v) is 7.56. The van der Waals surface area contributed by atoms with Crippen LogP contribution in [0.4, 0.5) is 11.4 Å². The second kappa shape index (κ2) is 5.95. The van der Waals surface area contributed by atoms with Crippen LogP contribution < -0.4 is 19.7 Å². The SMILES string of the molecule is CC1(C)C(=O)Nc2ccccc2N1Cc1cc2c(cc1Br)OCCO2. The first kappa shape index (κ1) is 16.3. The summed E-state index contributed by atoms with van der Waals surface area (Å²) >= 11 is 3.63. The van der Waals surface area contributed by atoms with Crippen LogP contribution in [-0.2, 0) is 11.3 Å². The third-order valence-corrected chi connectivity index (χ3v) is 5.45. The molecule has 0 spiro atoms. The predicted octanol–water partition coefficient (Wildman–Crippen LogP) is 3.96. The number of halogens is 1. The van der Waals surface area contributed by atoms with Crippen molar-refractivity contribution >= 4 is 33.2 Å². The van der Waals surface area contributed by atoms with E-state index < -0.39 is 5.54 Å². The van der Waals surface area contributed by atoms with E-state index in [2.05, 4.69) is 26.1 Å². The van der Waals surface area contributed by atoms with E-state index in [9.17, 15) is 4.79 Å². The Morgan fingerprint density at radius 3 is 2.60 bits per heavy atom. The molecule has 130 valence electrons. The molecule has 2 aromatic carbocycles. The number of carbonyl (C=O) groups excluding carboxylic acids is 1. The van der Waals surface area contributed by atoms with Gasteiger partial charge in [-0.15, -0.1) is 0 Å². The van der Waals surface area contributed by atoms with Crippen molar-refractivity contribution in [3.8, 4) is 11.5 Å². The number of benzene rings is 2. The lowest BCUT2D eigenvalue weighted by Crippen LogP contribution is -2.55. The largest absolute Gasteiger partial charge is 0.486 e. The van der Waals surface area contributed by atoms with Gasteiger partial charge in [-0.1, -0.05) is 28.1 Å². The van der Waals surface area contributed by atoms with Crippen LogP contribution in [0.15, 0.2) is 40.9 Å². The van der Waals surface area contributed by atoms with Gasteiger partial charge in [-0.2, -0.15) is 0 Å². The molecule has 2 aliphatic heterocycles. The Morgan fingerprint density at radius 2 is 1.84 bits per heavy atom. The lowest BCUT2D eigenvalue weighted by atomic mass is 9.95. The molecule has 4 rings (SSSR count). The number of hydrogen-bond acceptors (Lipinski definition) is 4. The monoisotopic (exact) mass is 402 g/mol. The maximum atomic E-state index is 12.6. The molecule has 25 heavy (non-hydrogen) atoms. The average Bonchev–Trinajstić information content (AvgIpc) is 2.59. The van der Waals surface area contributed by atoms with E-state index >= 15 is 0 Å². The number of ether oxygens (including phenoxy) is 2. The fourth-order valence-electron chi connectivity index (χ4n) is 3.19. The highest BCUT2D eigenvalue weighted by Crippen LogP contribution is 2.41. The topological polar surface area (TPSA) is 50.8 Å². The molecule has 6 heteroatoms. The number of hydrogen-bond donors (Lipinski definition) is 1. The zero-order valence-electron chi connectivity index (χ0n) is 14.1. The zero-order valence-corrected chi connectivity index (χ0v) is 15.7. The van der Waals surface area contributed by atoms with Gasteiger partial charge in [-0.25, -0.2) is 0 Å². The maximum absolute atomic E-state index is 12.6. The molecule has 0 aliphatic carbocycles. The third-order valence-electron chi connectivity index (χ3n) is 4.71. The first-order chi connectivity index (χ1) is 12.0. The fourth-order valence-corrected chi connectivity index (χ4v) is 3.64. The summed E-state index contributed by atoms with van der Waals surface area (Å²) in [6.45, 7) is 5.56. The van der Waals surface area contributed by atoms with Crippen LogP contribution in [0.1, 0.15) is 19.4 Å². The quantitative estimate of drug-likeness (QED) is 0.825. The van der Waals surface area contributed by atoms with Crippen LogP contribution in [0.3, 0.4) is 0 Å². The van der Waals surface area contributed by atoms with Crippen LogP contribution in [-0.4, -0.2) is 24.7 Å².